The number of benzene rings is 2. The first-order valence-corrected chi connectivity index (χ1v) is 8.83. The number of carbonyl (C=O) groups is 1. The summed E-state index contributed by atoms with van der Waals surface area (Å²) < 4.78 is 5.94. The Kier molecular flexibility index (Phi) is 6.11. The Morgan fingerprint density at radius 1 is 1.08 bits per heavy atom. The van der Waals surface area contributed by atoms with Crippen molar-refractivity contribution in [2.45, 2.75) is 30.9 Å². The lowest BCUT2D eigenvalue weighted by atomic mass is 10.1. The third kappa shape index (κ3) is 4.43. The Hall–Kier alpha value is -2.18. The van der Waals surface area contributed by atoms with Crippen LogP contribution < -0.4 is 10.5 Å². The van der Waals surface area contributed by atoms with Crippen molar-refractivity contribution in [3.63, 3.8) is 0 Å². The summed E-state index contributed by atoms with van der Waals surface area (Å²) in [4.78, 5) is 12.2. The average molecular weight is 346 g/mol. The fraction of sp³-hybridized carbons (Fsp3) is 0.278. The van der Waals surface area contributed by atoms with Crippen LogP contribution in [0, 0.1) is 0 Å². The van der Waals surface area contributed by atoms with E-state index in [-0.39, 0.29) is 6.10 Å². The number of rotatable bonds is 6. The largest absolute Gasteiger partial charge is 0.486 e. The summed E-state index contributed by atoms with van der Waals surface area (Å²) in [5.41, 5.74) is 6.93. The lowest BCUT2D eigenvalue weighted by molar-refractivity contribution is -0.0710. The first-order valence-electron chi connectivity index (χ1n) is 7.60. The second kappa shape index (κ2) is 8.08. The van der Waals surface area contributed by atoms with E-state index in [0.717, 1.165) is 16.9 Å². The summed E-state index contributed by atoms with van der Waals surface area (Å²) in [7, 11) is 0. The highest BCUT2D eigenvalue weighted by Gasteiger charge is 2.17. The van der Waals surface area contributed by atoms with Crippen molar-refractivity contribution in [1.29, 1.82) is 0 Å². The van der Waals surface area contributed by atoms with Gasteiger partial charge in [0.25, 0.3) is 0 Å². The van der Waals surface area contributed by atoms with Gasteiger partial charge in [0, 0.05) is 4.90 Å². The first-order chi connectivity index (χ1) is 11.4. The summed E-state index contributed by atoms with van der Waals surface area (Å²) in [6.45, 7) is 3.68. The van der Waals surface area contributed by atoms with Gasteiger partial charge in [-0.15, -0.1) is 11.8 Å². The molecule has 3 N–H and O–H groups in total. The van der Waals surface area contributed by atoms with E-state index in [9.17, 15) is 10.0 Å². The molecule has 0 fully saturated rings. The molecule has 2 amide bonds. The molecule has 0 radical (unpaired) electrons. The molecule has 0 aliphatic carbocycles. The highest BCUT2D eigenvalue weighted by molar-refractivity contribution is 7.98. The predicted molar refractivity (Wildman–Crippen MR) is 95.3 cm³/mol. The predicted octanol–water partition coefficient (Wildman–Crippen LogP) is 4.38. The Labute approximate surface area is 146 Å². The van der Waals surface area contributed by atoms with Gasteiger partial charge in [0.1, 0.15) is 11.9 Å². The molecule has 128 valence electrons. The molecular weight excluding hydrogens is 324 g/mol. The molecule has 0 spiro atoms. The van der Waals surface area contributed by atoms with Gasteiger partial charge in [-0.05, 0) is 55.5 Å². The maximum absolute atomic E-state index is 11.0. The summed E-state index contributed by atoms with van der Waals surface area (Å²) in [6.07, 6.45) is 1.97. The maximum Gasteiger partial charge on any atom is 0.339 e. The smallest absolute Gasteiger partial charge is 0.339 e. The van der Waals surface area contributed by atoms with Crippen molar-refractivity contribution in [2.75, 3.05) is 6.26 Å². The molecule has 5 nitrogen and oxygen atoms in total. The van der Waals surface area contributed by atoms with E-state index < -0.39 is 12.1 Å². The van der Waals surface area contributed by atoms with Crippen LogP contribution in [0.2, 0.25) is 0 Å². The monoisotopic (exact) mass is 346 g/mol. The normalized spacial score (nSPS) is 13.2. The minimum atomic E-state index is -0.884. The molecule has 2 aromatic carbocycles. The van der Waals surface area contributed by atoms with Gasteiger partial charge in [-0.2, -0.15) is 5.06 Å². The fourth-order valence-corrected chi connectivity index (χ4v) is 2.71. The van der Waals surface area contributed by atoms with Gasteiger partial charge in [-0.1, -0.05) is 24.3 Å². The summed E-state index contributed by atoms with van der Waals surface area (Å²) in [5.74, 6) is 0.718. The van der Waals surface area contributed by atoms with Crippen LogP contribution in [0.25, 0.3) is 0 Å². The first kappa shape index (κ1) is 18.2. The van der Waals surface area contributed by atoms with Crippen LogP contribution in [-0.2, 0) is 0 Å². The second-order valence-electron chi connectivity index (χ2n) is 5.46. The number of ether oxygens (including phenoxy) is 1. The van der Waals surface area contributed by atoms with E-state index in [0.29, 0.717) is 5.06 Å². The molecule has 0 saturated heterocycles. The number of nitrogens with two attached hydrogens (primary N) is 1. The number of carbonyl (C=O) groups excluding carboxylic acids is 1. The Morgan fingerprint density at radius 2 is 1.62 bits per heavy atom. The third-order valence-corrected chi connectivity index (χ3v) is 4.60. The summed E-state index contributed by atoms with van der Waals surface area (Å²) in [5, 5.41) is 10.1. The summed E-state index contributed by atoms with van der Waals surface area (Å²) >= 11 is 1.70. The van der Waals surface area contributed by atoms with Crippen LogP contribution >= 0.6 is 11.8 Å². The van der Waals surface area contributed by atoms with E-state index in [1.807, 2.05) is 25.3 Å². The van der Waals surface area contributed by atoms with Crippen molar-refractivity contribution in [2.24, 2.45) is 5.73 Å². The van der Waals surface area contributed by atoms with E-state index in [1.165, 1.54) is 4.90 Å². The van der Waals surface area contributed by atoms with Crippen LogP contribution in [0.4, 0.5) is 4.79 Å². The van der Waals surface area contributed by atoms with E-state index in [4.69, 9.17) is 10.5 Å². The Balaban J connectivity index is 2.03. The number of thioether (sulfide) groups is 1. The molecule has 2 rings (SSSR count). The zero-order valence-corrected chi connectivity index (χ0v) is 14.8. The van der Waals surface area contributed by atoms with Gasteiger partial charge >= 0.3 is 6.03 Å². The van der Waals surface area contributed by atoms with Crippen LogP contribution in [0.5, 0.6) is 5.75 Å². The number of urea groups is 1. The van der Waals surface area contributed by atoms with Gasteiger partial charge in [0.2, 0.25) is 0 Å². The van der Waals surface area contributed by atoms with E-state index in [1.54, 1.807) is 30.8 Å². The van der Waals surface area contributed by atoms with Crippen molar-refractivity contribution < 1.29 is 14.7 Å². The lowest BCUT2D eigenvalue weighted by Crippen LogP contribution is -2.34. The molecule has 0 heterocycles. The van der Waals surface area contributed by atoms with Gasteiger partial charge in [-0.25, -0.2) is 4.79 Å². The van der Waals surface area contributed by atoms with Crippen molar-refractivity contribution >= 4 is 17.8 Å². The quantitative estimate of drug-likeness (QED) is 0.462. The van der Waals surface area contributed by atoms with E-state index >= 15 is 0 Å². The number of primary amides is 1. The molecule has 0 saturated carbocycles. The SMILES string of the molecule is CSc1ccc(C(C)Oc2ccc(C(C)N(O)C(N)=O)cc2)cc1. The molecule has 2 unspecified atom stereocenters. The topological polar surface area (TPSA) is 75.8 Å². The van der Waals surface area contributed by atoms with Gasteiger partial charge < -0.3 is 10.5 Å². The molecule has 6 heteroatoms. The highest BCUT2D eigenvalue weighted by atomic mass is 32.2. The zero-order chi connectivity index (χ0) is 17.7. The van der Waals surface area contributed by atoms with Gasteiger partial charge in [0.05, 0.1) is 6.04 Å². The molecular formula is C18H22N2O3S. The third-order valence-electron chi connectivity index (χ3n) is 3.85. The molecule has 2 aromatic rings. The van der Waals surface area contributed by atoms with Crippen molar-refractivity contribution in [1.82, 2.24) is 5.06 Å². The number of hydrogen-bond acceptors (Lipinski definition) is 4. The lowest BCUT2D eigenvalue weighted by Gasteiger charge is -2.21. The number of amides is 2. The van der Waals surface area contributed by atoms with Crippen LogP contribution in [-0.4, -0.2) is 22.6 Å². The van der Waals surface area contributed by atoms with Crippen molar-refractivity contribution in [3.8, 4) is 5.75 Å². The molecule has 2 atom stereocenters. The minimum absolute atomic E-state index is 0.0795. The van der Waals surface area contributed by atoms with Crippen molar-refractivity contribution in [3.05, 3.63) is 59.7 Å². The van der Waals surface area contributed by atoms with E-state index in [2.05, 4.69) is 24.3 Å². The number of hydroxylamine groups is 2. The van der Waals surface area contributed by atoms with Crippen LogP contribution in [0.15, 0.2) is 53.4 Å². The highest BCUT2D eigenvalue weighted by Crippen LogP contribution is 2.26. The van der Waals surface area contributed by atoms with Crippen LogP contribution in [0.3, 0.4) is 0 Å². The summed E-state index contributed by atoms with van der Waals surface area (Å²) in [6, 6.07) is 14.1. The van der Waals surface area contributed by atoms with Crippen LogP contribution in [0.1, 0.15) is 37.1 Å². The Morgan fingerprint density at radius 3 is 2.12 bits per heavy atom. The van der Waals surface area contributed by atoms with Gasteiger partial charge in [-0.3, -0.25) is 5.21 Å². The molecule has 24 heavy (non-hydrogen) atoms. The second-order valence-corrected chi connectivity index (χ2v) is 6.34. The maximum atomic E-state index is 11.0. The fourth-order valence-electron chi connectivity index (χ4n) is 2.30. The number of nitrogens with zero attached hydrogens (tertiary/aromatic N) is 1. The molecule has 0 aliphatic rings. The minimum Gasteiger partial charge on any atom is -0.486 e. The zero-order valence-electron chi connectivity index (χ0n) is 14.0. The average Bonchev–Trinajstić information content (AvgIpc) is 2.61. The molecule has 0 aliphatic heterocycles. The standard InChI is InChI=1S/C18H22N2O3S/c1-12(20(22)18(19)21)14-4-8-16(9-5-14)23-13(2)15-6-10-17(24-3)11-7-15/h4-13,22H,1-3H3,(H2,19,21). The molecule has 0 aromatic heterocycles. The Bertz CT molecular complexity index is 674. The molecule has 0 bridgehead atoms. The number of hydrogen-bond donors (Lipinski definition) is 2. The van der Waals surface area contributed by atoms with Gasteiger partial charge in [0.15, 0.2) is 0 Å².